The first kappa shape index (κ1) is 13.9. The van der Waals surface area contributed by atoms with Gasteiger partial charge in [-0.2, -0.15) is 0 Å². The van der Waals surface area contributed by atoms with E-state index in [9.17, 15) is 4.79 Å². The highest BCUT2D eigenvalue weighted by Crippen LogP contribution is 2.37. The van der Waals surface area contributed by atoms with E-state index >= 15 is 0 Å². The zero-order chi connectivity index (χ0) is 14.0. The Hall–Kier alpha value is -1.55. The van der Waals surface area contributed by atoms with Gasteiger partial charge in [-0.15, -0.1) is 0 Å². The van der Waals surface area contributed by atoms with Gasteiger partial charge in [-0.3, -0.25) is 9.69 Å². The molecule has 1 aromatic rings. The Bertz CT molecular complexity index is 452. The summed E-state index contributed by atoms with van der Waals surface area (Å²) in [6.07, 6.45) is 1.29. The van der Waals surface area contributed by atoms with Gasteiger partial charge in [-0.25, -0.2) is 0 Å². The van der Waals surface area contributed by atoms with E-state index in [0.29, 0.717) is 12.2 Å². The number of benzene rings is 1. The van der Waals surface area contributed by atoms with Crippen LogP contribution in [-0.4, -0.2) is 30.9 Å². The maximum absolute atomic E-state index is 12.0. The molecule has 0 radical (unpaired) electrons. The maximum Gasteiger partial charge on any atom is 0.238 e. The Kier molecular flexibility index (Phi) is 4.10. The van der Waals surface area contributed by atoms with Crippen LogP contribution < -0.4 is 11.1 Å². The molecule has 0 aliphatic heterocycles. The van der Waals surface area contributed by atoms with Gasteiger partial charge in [0.25, 0.3) is 0 Å². The fourth-order valence-corrected chi connectivity index (χ4v) is 2.40. The van der Waals surface area contributed by atoms with Crippen molar-refractivity contribution in [2.75, 3.05) is 31.2 Å². The number of anilines is 2. The molecule has 0 spiro atoms. The first-order valence-corrected chi connectivity index (χ1v) is 6.81. The molecule has 2 rings (SSSR count). The number of carbonyl (C=O) groups excluding carboxylic acids is 1. The van der Waals surface area contributed by atoms with Gasteiger partial charge in [0.15, 0.2) is 0 Å². The summed E-state index contributed by atoms with van der Waals surface area (Å²) in [6.45, 7) is 5.61. The highest BCUT2D eigenvalue weighted by atomic mass is 16.2. The van der Waals surface area contributed by atoms with Crippen molar-refractivity contribution in [3.8, 4) is 0 Å². The van der Waals surface area contributed by atoms with Crippen LogP contribution in [-0.2, 0) is 4.79 Å². The molecule has 1 amide bonds. The van der Waals surface area contributed by atoms with Crippen molar-refractivity contribution < 1.29 is 4.79 Å². The Morgan fingerprint density at radius 1 is 1.53 bits per heavy atom. The minimum absolute atomic E-state index is 0.00296. The molecule has 1 aliphatic carbocycles. The lowest BCUT2D eigenvalue weighted by atomic mass is 10.1. The predicted molar refractivity (Wildman–Crippen MR) is 79.0 cm³/mol. The number of para-hydroxylation sites is 1. The highest BCUT2D eigenvalue weighted by molar-refractivity contribution is 5.96. The van der Waals surface area contributed by atoms with E-state index in [0.717, 1.165) is 29.6 Å². The molecule has 2 unspecified atom stereocenters. The van der Waals surface area contributed by atoms with Crippen molar-refractivity contribution in [2.24, 2.45) is 11.8 Å². The van der Waals surface area contributed by atoms with E-state index in [2.05, 4.69) is 17.1 Å². The number of hydrogen-bond acceptors (Lipinski definition) is 3. The molecule has 19 heavy (non-hydrogen) atoms. The van der Waals surface area contributed by atoms with Gasteiger partial charge in [0.2, 0.25) is 5.91 Å². The lowest BCUT2D eigenvalue weighted by Crippen LogP contribution is -2.32. The molecule has 4 heteroatoms. The zero-order valence-corrected chi connectivity index (χ0v) is 11.9. The molecule has 4 nitrogen and oxygen atoms in total. The second-order valence-electron chi connectivity index (χ2n) is 5.76. The predicted octanol–water partition coefficient (Wildman–Crippen LogP) is 2.10. The van der Waals surface area contributed by atoms with Crippen molar-refractivity contribution in [1.29, 1.82) is 0 Å². The van der Waals surface area contributed by atoms with Gasteiger partial charge in [0.05, 0.1) is 17.9 Å². The highest BCUT2D eigenvalue weighted by Gasteiger charge is 2.33. The van der Waals surface area contributed by atoms with E-state index in [1.165, 1.54) is 6.42 Å². The van der Waals surface area contributed by atoms with Crippen LogP contribution in [0, 0.1) is 18.8 Å². The van der Waals surface area contributed by atoms with Crippen LogP contribution in [0.1, 0.15) is 18.9 Å². The van der Waals surface area contributed by atoms with Gasteiger partial charge in [0, 0.05) is 6.54 Å². The number of nitrogens with two attached hydrogens (primary N) is 1. The molecule has 3 N–H and O–H groups in total. The second kappa shape index (κ2) is 5.61. The number of likely N-dealkylation sites (N-methyl/N-ethyl adjacent to an activating group) is 1. The lowest BCUT2D eigenvalue weighted by molar-refractivity contribution is -0.117. The van der Waals surface area contributed by atoms with E-state index in [1.807, 2.05) is 26.1 Å². The average molecular weight is 261 g/mol. The summed E-state index contributed by atoms with van der Waals surface area (Å²) in [4.78, 5) is 14.1. The number of carbonyl (C=O) groups is 1. The third-order valence-electron chi connectivity index (χ3n) is 3.81. The summed E-state index contributed by atoms with van der Waals surface area (Å²) in [5.74, 6) is 1.58. The van der Waals surface area contributed by atoms with Crippen molar-refractivity contribution in [2.45, 2.75) is 20.3 Å². The van der Waals surface area contributed by atoms with E-state index in [1.54, 1.807) is 6.07 Å². The molecular formula is C15H23N3O. The molecule has 1 saturated carbocycles. The van der Waals surface area contributed by atoms with E-state index in [-0.39, 0.29) is 5.91 Å². The molecule has 0 saturated heterocycles. The smallest absolute Gasteiger partial charge is 0.238 e. The molecule has 104 valence electrons. The fourth-order valence-electron chi connectivity index (χ4n) is 2.40. The minimum Gasteiger partial charge on any atom is -0.397 e. The Morgan fingerprint density at radius 2 is 2.21 bits per heavy atom. The van der Waals surface area contributed by atoms with Gasteiger partial charge in [-0.1, -0.05) is 19.1 Å². The summed E-state index contributed by atoms with van der Waals surface area (Å²) in [5.41, 5.74) is 8.23. The maximum atomic E-state index is 12.0. The number of amides is 1. The normalized spacial score (nSPS) is 21.5. The molecular weight excluding hydrogens is 238 g/mol. The number of rotatable bonds is 5. The Morgan fingerprint density at radius 3 is 2.79 bits per heavy atom. The van der Waals surface area contributed by atoms with Crippen LogP contribution in [0.3, 0.4) is 0 Å². The van der Waals surface area contributed by atoms with Crippen LogP contribution in [0.4, 0.5) is 11.4 Å². The first-order chi connectivity index (χ1) is 8.97. The van der Waals surface area contributed by atoms with Gasteiger partial charge in [0.1, 0.15) is 0 Å². The van der Waals surface area contributed by atoms with Crippen LogP contribution in [0.5, 0.6) is 0 Å². The molecule has 0 aromatic heterocycles. The Labute approximate surface area is 115 Å². The van der Waals surface area contributed by atoms with Gasteiger partial charge in [-0.05, 0) is 43.9 Å². The van der Waals surface area contributed by atoms with Gasteiger partial charge >= 0.3 is 0 Å². The number of nitrogens with one attached hydrogen (secondary N) is 1. The molecule has 1 aromatic carbocycles. The van der Waals surface area contributed by atoms with Crippen molar-refractivity contribution >= 4 is 17.3 Å². The quantitative estimate of drug-likeness (QED) is 0.798. The van der Waals surface area contributed by atoms with Crippen LogP contribution in [0.15, 0.2) is 18.2 Å². The monoisotopic (exact) mass is 261 g/mol. The number of nitrogen functional groups attached to an aromatic ring is 1. The molecule has 1 fully saturated rings. The van der Waals surface area contributed by atoms with E-state index in [4.69, 9.17) is 5.73 Å². The third kappa shape index (κ3) is 3.70. The summed E-state index contributed by atoms with van der Waals surface area (Å²) in [5, 5.41) is 2.91. The summed E-state index contributed by atoms with van der Waals surface area (Å²) in [6, 6.07) is 5.64. The lowest BCUT2D eigenvalue weighted by Gasteiger charge is -2.17. The largest absolute Gasteiger partial charge is 0.397 e. The number of aryl methyl sites for hydroxylation is 1. The summed E-state index contributed by atoms with van der Waals surface area (Å²) in [7, 11) is 1.99. The standard InChI is InChI=1S/C15H23N3O/c1-10-5-4-6-13(16)15(10)17-14(19)9-18(3)8-12-7-11(12)2/h4-6,11-12H,7-9,16H2,1-3H3,(H,17,19). The number of nitrogens with zero attached hydrogens (tertiary/aromatic N) is 1. The minimum atomic E-state index is -0.00296. The zero-order valence-electron chi connectivity index (χ0n) is 11.9. The van der Waals surface area contributed by atoms with Crippen molar-refractivity contribution in [3.05, 3.63) is 23.8 Å². The van der Waals surface area contributed by atoms with Crippen LogP contribution in [0.2, 0.25) is 0 Å². The number of hydrogen-bond donors (Lipinski definition) is 2. The van der Waals surface area contributed by atoms with Crippen molar-refractivity contribution in [3.63, 3.8) is 0 Å². The second-order valence-corrected chi connectivity index (χ2v) is 5.76. The topological polar surface area (TPSA) is 58.4 Å². The molecule has 0 heterocycles. The molecule has 1 aliphatic rings. The summed E-state index contributed by atoms with van der Waals surface area (Å²) < 4.78 is 0. The van der Waals surface area contributed by atoms with Gasteiger partial charge < -0.3 is 11.1 Å². The Balaban J connectivity index is 1.86. The van der Waals surface area contributed by atoms with Crippen LogP contribution in [0.25, 0.3) is 0 Å². The third-order valence-corrected chi connectivity index (χ3v) is 3.81. The SMILES string of the molecule is Cc1cccc(N)c1NC(=O)CN(C)CC1CC1C. The average Bonchev–Trinajstić information content (AvgIpc) is 2.99. The van der Waals surface area contributed by atoms with E-state index < -0.39 is 0 Å². The van der Waals surface area contributed by atoms with Crippen LogP contribution >= 0.6 is 0 Å². The molecule has 2 atom stereocenters. The summed E-state index contributed by atoms with van der Waals surface area (Å²) >= 11 is 0. The first-order valence-electron chi connectivity index (χ1n) is 6.81. The fraction of sp³-hybridized carbons (Fsp3) is 0.533. The molecule has 0 bridgehead atoms. The van der Waals surface area contributed by atoms with Crippen molar-refractivity contribution in [1.82, 2.24) is 4.90 Å².